The number of esters is 1. The summed E-state index contributed by atoms with van der Waals surface area (Å²) in [5, 5.41) is 0. The van der Waals surface area contributed by atoms with Gasteiger partial charge in [0.15, 0.2) is 0 Å². The number of benzene rings is 2. The molecule has 192 valence electrons. The highest BCUT2D eigenvalue weighted by Gasteiger charge is 2.55. The molecule has 2 fully saturated rings. The van der Waals surface area contributed by atoms with Crippen molar-refractivity contribution in [3.63, 3.8) is 0 Å². The summed E-state index contributed by atoms with van der Waals surface area (Å²) in [6.45, 7) is 4.94. The molecule has 2 bridgehead atoms. The second-order valence-electron chi connectivity index (χ2n) is 11.0. The molecule has 1 heterocycles. The molecule has 2 aromatic carbocycles. The second kappa shape index (κ2) is 10.5. The van der Waals surface area contributed by atoms with Crippen LogP contribution in [0.25, 0.3) is 0 Å². The predicted octanol–water partition coefficient (Wildman–Crippen LogP) is 6.01. The average molecular weight is 492 g/mol. The fourth-order valence-electron chi connectivity index (χ4n) is 6.66. The highest BCUT2D eigenvalue weighted by molar-refractivity contribution is 5.69. The Kier molecular flexibility index (Phi) is 7.22. The van der Waals surface area contributed by atoms with Gasteiger partial charge in [-0.25, -0.2) is 4.79 Å². The largest absolute Gasteiger partial charge is 0.457 e. The summed E-state index contributed by atoms with van der Waals surface area (Å²) in [5.74, 6) is 1.20. The molecule has 0 radical (unpaired) electrons. The van der Waals surface area contributed by atoms with Gasteiger partial charge in [-0.15, -0.1) is 0 Å². The number of carbonyl (C=O) groups is 2. The predicted molar refractivity (Wildman–Crippen MR) is 137 cm³/mol. The topological polar surface area (TPSA) is 65.1 Å². The van der Waals surface area contributed by atoms with Gasteiger partial charge in [0.1, 0.15) is 12.4 Å². The van der Waals surface area contributed by atoms with E-state index in [0.29, 0.717) is 25.5 Å². The van der Waals surface area contributed by atoms with Crippen LogP contribution in [0.5, 0.6) is 5.75 Å². The highest BCUT2D eigenvalue weighted by Crippen LogP contribution is 2.56. The minimum Gasteiger partial charge on any atom is -0.457 e. The fraction of sp³-hybridized carbons (Fsp3) is 0.533. The first-order valence-corrected chi connectivity index (χ1v) is 13.4. The SMILES string of the molecule is CC(C)CC(=O)OCOc1ccc2c(c1)[C@@]13CCCC[C@H]1[C@@H](C2)N(C(=O)OCc1ccccc1)CC3. The molecule has 0 N–H and O–H groups in total. The Morgan fingerprint density at radius 2 is 1.89 bits per heavy atom. The molecule has 1 aliphatic heterocycles. The quantitative estimate of drug-likeness (QED) is 0.351. The van der Waals surface area contributed by atoms with E-state index in [-0.39, 0.29) is 36.2 Å². The van der Waals surface area contributed by atoms with Crippen molar-refractivity contribution >= 4 is 12.1 Å². The fourth-order valence-corrected chi connectivity index (χ4v) is 6.66. The maximum Gasteiger partial charge on any atom is 0.410 e. The summed E-state index contributed by atoms with van der Waals surface area (Å²) >= 11 is 0. The van der Waals surface area contributed by atoms with E-state index in [1.165, 1.54) is 24.0 Å². The Hall–Kier alpha value is -3.02. The van der Waals surface area contributed by atoms with E-state index in [1.807, 2.05) is 55.1 Å². The molecule has 1 amide bonds. The van der Waals surface area contributed by atoms with Crippen molar-refractivity contribution in [2.24, 2.45) is 11.8 Å². The molecule has 1 saturated heterocycles. The summed E-state index contributed by atoms with van der Waals surface area (Å²) < 4.78 is 16.9. The minimum atomic E-state index is -0.233. The van der Waals surface area contributed by atoms with E-state index in [0.717, 1.165) is 37.0 Å². The van der Waals surface area contributed by atoms with Gasteiger partial charge in [0.05, 0.1) is 0 Å². The van der Waals surface area contributed by atoms with Crippen molar-refractivity contribution < 1.29 is 23.8 Å². The average Bonchev–Trinajstić information content (AvgIpc) is 2.88. The van der Waals surface area contributed by atoms with Crippen LogP contribution in [-0.2, 0) is 32.7 Å². The normalized spacial score (nSPS) is 24.5. The zero-order valence-electron chi connectivity index (χ0n) is 21.4. The van der Waals surface area contributed by atoms with Gasteiger partial charge in [0.25, 0.3) is 0 Å². The number of likely N-dealkylation sites (tertiary alicyclic amines) is 1. The van der Waals surface area contributed by atoms with E-state index >= 15 is 0 Å². The van der Waals surface area contributed by atoms with Crippen molar-refractivity contribution in [2.45, 2.75) is 76.9 Å². The van der Waals surface area contributed by atoms with Crippen molar-refractivity contribution in [3.8, 4) is 5.75 Å². The molecule has 2 aliphatic carbocycles. The molecule has 5 rings (SSSR count). The Balaban J connectivity index is 1.31. The van der Waals surface area contributed by atoms with E-state index in [1.54, 1.807) is 0 Å². The van der Waals surface area contributed by atoms with Crippen molar-refractivity contribution in [1.82, 2.24) is 4.90 Å². The smallest absolute Gasteiger partial charge is 0.410 e. The van der Waals surface area contributed by atoms with Gasteiger partial charge in [-0.3, -0.25) is 4.79 Å². The molecule has 0 aromatic heterocycles. The van der Waals surface area contributed by atoms with Crippen LogP contribution >= 0.6 is 0 Å². The Bertz CT molecular complexity index is 1080. The highest BCUT2D eigenvalue weighted by atomic mass is 16.7. The third-order valence-electron chi connectivity index (χ3n) is 8.27. The monoisotopic (exact) mass is 491 g/mol. The molecule has 0 spiro atoms. The van der Waals surface area contributed by atoms with Crippen molar-refractivity contribution in [3.05, 3.63) is 65.2 Å². The van der Waals surface area contributed by atoms with Gasteiger partial charge in [0, 0.05) is 24.4 Å². The maximum atomic E-state index is 13.2. The van der Waals surface area contributed by atoms with Crippen LogP contribution in [0.3, 0.4) is 0 Å². The molecule has 6 heteroatoms. The molecule has 6 nitrogen and oxygen atoms in total. The zero-order valence-corrected chi connectivity index (χ0v) is 21.4. The van der Waals surface area contributed by atoms with Gasteiger partial charge in [0.2, 0.25) is 6.79 Å². The zero-order chi connectivity index (χ0) is 25.1. The lowest BCUT2D eigenvalue weighted by Crippen LogP contribution is -2.62. The van der Waals surface area contributed by atoms with Gasteiger partial charge in [-0.2, -0.15) is 0 Å². The number of carbonyl (C=O) groups excluding carboxylic acids is 2. The number of ether oxygens (including phenoxy) is 3. The number of amides is 1. The number of rotatable bonds is 7. The van der Waals surface area contributed by atoms with E-state index in [4.69, 9.17) is 14.2 Å². The Morgan fingerprint density at radius 1 is 1.06 bits per heavy atom. The first kappa shape index (κ1) is 24.7. The van der Waals surface area contributed by atoms with Crippen LogP contribution < -0.4 is 4.74 Å². The standard InChI is InChI=1S/C30H37NO5/c1-21(2)16-28(32)36-20-35-24-12-11-23-17-27-25-10-6-7-13-30(25,26(23)18-24)14-15-31(27)29(33)34-19-22-8-4-3-5-9-22/h3-5,8-9,11-12,18,21,25,27H,6-7,10,13-17,19-20H2,1-2H3/t25-,27+,30+/m0/s1. The molecule has 36 heavy (non-hydrogen) atoms. The third-order valence-corrected chi connectivity index (χ3v) is 8.27. The van der Waals surface area contributed by atoms with Gasteiger partial charge in [-0.1, -0.05) is 63.1 Å². The molecular formula is C30H37NO5. The summed E-state index contributed by atoms with van der Waals surface area (Å²) in [4.78, 5) is 27.1. The number of piperidine rings is 1. The number of fused-ring (bicyclic) bond motifs is 1. The maximum absolute atomic E-state index is 13.2. The van der Waals surface area contributed by atoms with Crippen LogP contribution in [0, 0.1) is 11.8 Å². The van der Waals surface area contributed by atoms with E-state index < -0.39 is 0 Å². The number of hydrogen-bond donors (Lipinski definition) is 0. The van der Waals surface area contributed by atoms with Crippen LogP contribution in [0.2, 0.25) is 0 Å². The van der Waals surface area contributed by atoms with E-state index in [2.05, 4.69) is 12.1 Å². The summed E-state index contributed by atoms with van der Waals surface area (Å²) in [6.07, 6.45) is 6.65. The summed E-state index contributed by atoms with van der Waals surface area (Å²) in [5.41, 5.74) is 3.74. The molecular weight excluding hydrogens is 454 g/mol. The molecule has 3 atom stereocenters. The van der Waals surface area contributed by atoms with Crippen LogP contribution in [-0.4, -0.2) is 36.3 Å². The first-order valence-electron chi connectivity index (χ1n) is 13.4. The van der Waals surface area contributed by atoms with Crippen LogP contribution in [0.15, 0.2) is 48.5 Å². The Labute approximate surface area is 213 Å². The molecule has 1 saturated carbocycles. The first-order chi connectivity index (χ1) is 17.5. The Morgan fingerprint density at radius 3 is 2.69 bits per heavy atom. The van der Waals surface area contributed by atoms with Gasteiger partial charge in [-0.05, 0) is 66.3 Å². The molecule has 0 unspecified atom stereocenters. The lowest BCUT2D eigenvalue weighted by Gasteiger charge is -2.58. The number of hydrogen-bond acceptors (Lipinski definition) is 5. The van der Waals surface area contributed by atoms with E-state index in [9.17, 15) is 9.59 Å². The molecule has 2 aromatic rings. The van der Waals surface area contributed by atoms with Crippen LogP contribution in [0.4, 0.5) is 4.79 Å². The third kappa shape index (κ3) is 4.95. The summed E-state index contributed by atoms with van der Waals surface area (Å²) in [6, 6.07) is 16.3. The lowest BCUT2D eigenvalue weighted by atomic mass is 9.52. The summed E-state index contributed by atoms with van der Waals surface area (Å²) in [7, 11) is 0. The molecule has 3 aliphatic rings. The van der Waals surface area contributed by atoms with Gasteiger partial charge < -0.3 is 19.1 Å². The number of nitrogens with zero attached hydrogens (tertiary/aromatic N) is 1. The van der Waals surface area contributed by atoms with Crippen LogP contribution in [0.1, 0.15) is 69.1 Å². The lowest BCUT2D eigenvalue weighted by molar-refractivity contribution is -0.151. The second-order valence-corrected chi connectivity index (χ2v) is 11.0. The minimum absolute atomic E-state index is 0.0651. The van der Waals surface area contributed by atoms with Gasteiger partial charge >= 0.3 is 12.1 Å². The van der Waals surface area contributed by atoms with Crippen molar-refractivity contribution in [2.75, 3.05) is 13.3 Å². The van der Waals surface area contributed by atoms with Crippen molar-refractivity contribution in [1.29, 1.82) is 0 Å².